The average molecular weight is 1230 g/mol. The quantitative estimate of drug-likeness (QED) is 0.142. The number of nitriles is 2. The van der Waals surface area contributed by atoms with Crippen molar-refractivity contribution in [1.82, 2.24) is 18.3 Å². The summed E-state index contributed by atoms with van der Waals surface area (Å²) in [6, 6.07) is 91.3. The van der Waals surface area contributed by atoms with Crippen LogP contribution in [0.2, 0.25) is 0 Å². The van der Waals surface area contributed by atoms with E-state index in [4.69, 9.17) is 0 Å². The third-order valence-corrected chi connectivity index (χ3v) is 18.5. The summed E-state index contributed by atoms with van der Waals surface area (Å²) >= 11 is 0. The van der Waals surface area contributed by atoms with Gasteiger partial charge < -0.3 is 18.3 Å². The molecule has 6 nitrogen and oxygen atoms in total. The fourth-order valence-electron chi connectivity index (χ4n) is 14.3. The Morgan fingerprint density at radius 3 is 0.766 bits per heavy atom. The molecule has 0 N–H and O–H groups in total. The van der Waals surface area contributed by atoms with Crippen LogP contribution >= 0.6 is 0 Å². The normalized spacial score (nSPS) is 12.1. The summed E-state index contributed by atoms with van der Waals surface area (Å²) < 4.78 is 98.4. The molecule has 13 aromatic carbocycles. The molecule has 0 radical (unpaired) electrons. The van der Waals surface area contributed by atoms with Crippen LogP contribution in [-0.4, -0.2) is 18.3 Å². The van der Waals surface area contributed by atoms with E-state index in [9.17, 15) is 10.5 Å². The van der Waals surface area contributed by atoms with Gasteiger partial charge in [0.05, 0.1) is 78.0 Å². The Morgan fingerprint density at radius 1 is 0.223 bits per heavy atom. The van der Waals surface area contributed by atoms with E-state index < -0.39 is 23.5 Å². The van der Waals surface area contributed by atoms with Crippen LogP contribution in [0.25, 0.3) is 154 Å². The zero-order valence-electron chi connectivity index (χ0n) is 49.5. The highest BCUT2D eigenvalue weighted by Gasteiger charge is 2.37. The van der Waals surface area contributed by atoms with Crippen molar-refractivity contribution in [3.05, 3.63) is 301 Å². The first-order valence-corrected chi connectivity index (χ1v) is 30.5. The Hall–Kier alpha value is -12.4. The Labute approximate surface area is 532 Å². The van der Waals surface area contributed by atoms with Crippen LogP contribution in [0.1, 0.15) is 22.3 Å². The lowest BCUT2D eigenvalue weighted by Crippen LogP contribution is -2.17. The molecule has 12 heteroatoms. The van der Waals surface area contributed by atoms with E-state index in [1.807, 2.05) is 196 Å². The van der Waals surface area contributed by atoms with Crippen molar-refractivity contribution in [1.29, 1.82) is 10.5 Å². The molecule has 0 bridgehead atoms. The van der Waals surface area contributed by atoms with Crippen molar-refractivity contribution < 1.29 is 26.3 Å². The summed E-state index contributed by atoms with van der Waals surface area (Å²) in [5.41, 5.74) is 10.4. The van der Waals surface area contributed by atoms with Crippen molar-refractivity contribution in [2.24, 2.45) is 0 Å². The zero-order valence-corrected chi connectivity index (χ0v) is 49.5. The second kappa shape index (κ2) is 21.1. The van der Waals surface area contributed by atoms with E-state index >= 15 is 26.3 Å². The van der Waals surface area contributed by atoms with Gasteiger partial charge in [-0.25, -0.2) is 0 Å². The Balaban J connectivity index is 1.15. The molecule has 0 atom stereocenters. The third-order valence-electron chi connectivity index (χ3n) is 18.5. The number of benzene rings is 13. The summed E-state index contributed by atoms with van der Waals surface area (Å²) in [5.74, 6) is 0. The first-order valence-electron chi connectivity index (χ1n) is 30.5. The number of hydrogen-bond donors (Lipinski definition) is 0. The lowest BCUT2D eigenvalue weighted by atomic mass is 9.98. The molecule has 17 aromatic rings. The van der Waals surface area contributed by atoms with E-state index in [2.05, 4.69) is 36.4 Å². The minimum absolute atomic E-state index is 0.0488. The summed E-state index contributed by atoms with van der Waals surface area (Å²) in [7, 11) is 0. The van der Waals surface area contributed by atoms with Gasteiger partial charge >= 0.3 is 12.4 Å². The SMILES string of the molecule is N#Cc1c(-n2c3ccccc3c3cc(C(F)(F)F)ccc32)c(C#N)c(-n2c3ccc(-c4ccccc4)cc3c3cc(-c4ccccc4)ccc32)c(-n2c3ccccc3c3cc(C(F)(F)F)ccc32)c1-n1c2ccc(-c3ccccc3)cc2c2cc(-c3ccccc3)ccc21. The number of hydrogen-bond acceptors (Lipinski definition) is 2. The third kappa shape index (κ3) is 8.57. The molecule has 0 unspecified atom stereocenters. The van der Waals surface area contributed by atoms with Crippen LogP contribution in [0.5, 0.6) is 0 Å². The molecule has 0 amide bonds. The van der Waals surface area contributed by atoms with Gasteiger partial charge in [0.1, 0.15) is 23.3 Å². The first-order chi connectivity index (χ1) is 45.8. The standard InChI is InChI=1S/C82H46F6N6/c83-81(84,85)57-33-39-75-65(45-57)59-25-13-15-27-69(59)91(75)77-67(47-89)78(92-71-35-29-53(49-17-5-1-6-18-49)41-61(71)62-42-54(30-36-72(62)92)50-19-7-2-8-20-50)80(94-70-28-16-14-26-60(70)66-46-58(82(86,87)88)34-40-76(66)94)79(68(77)48-90)93-73-37-31-55(51-21-9-3-10-22-51)43-63(73)64-44-56(32-38-74(64)93)52-23-11-4-12-24-52/h1-46H. The Kier molecular flexibility index (Phi) is 12.5. The fourth-order valence-corrected chi connectivity index (χ4v) is 14.3. The molecule has 0 saturated carbocycles. The molecule has 0 spiro atoms. The van der Waals surface area contributed by atoms with E-state index in [0.717, 1.165) is 90.3 Å². The number of rotatable bonds is 8. The molecule has 17 rings (SSSR count). The molecular weight excluding hydrogens is 1180 g/mol. The maximum absolute atomic E-state index is 15.2. The zero-order chi connectivity index (χ0) is 63.7. The summed E-state index contributed by atoms with van der Waals surface area (Å²) in [4.78, 5) is 0. The lowest BCUT2D eigenvalue weighted by Gasteiger charge is -2.27. The number of alkyl halides is 6. The van der Waals surface area contributed by atoms with Crippen molar-refractivity contribution >= 4 is 87.2 Å². The molecule has 0 aliphatic rings. The number of aromatic nitrogens is 4. The first kappa shape index (κ1) is 55.7. The predicted molar refractivity (Wildman–Crippen MR) is 365 cm³/mol. The molecule has 0 fully saturated rings. The predicted octanol–water partition coefficient (Wildman–Crippen LogP) is 22.5. The van der Waals surface area contributed by atoms with Crippen molar-refractivity contribution in [3.63, 3.8) is 0 Å². The van der Waals surface area contributed by atoms with E-state index in [1.54, 1.807) is 41.0 Å². The van der Waals surface area contributed by atoms with Crippen molar-refractivity contribution in [2.45, 2.75) is 12.4 Å². The number of halogens is 6. The van der Waals surface area contributed by atoms with Crippen molar-refractivity contribution in [3.8, 4) is 79.4 Å². The molecule has 0 saturated heterocycles. The fraction of sp³-hybridized carbons (Fsp3) is 0.0244. The van der Waals surface area contributed by atoms with Gasteiger partial charge in [0.2, 0.25) is 0 Å². The molecular formula is C82H46F6N6. The van der Waals surface area contributed by atoms with E-state index in [1.165, 1.54) is 12.1 Å². The van der Waals surface area contributed by atoms with Gasteiger partial charge in [-0.05, 0) is 142 Å². The largest absolute Gasteiger partial charge is 0.416 e. The van der Waals surface area contributed by atoms with E-state index in [0.29, 0.717) is 49.4 Å². The molecule has 94 heavy (non-hydrogen) atoms. The molecule has 0 aliphatic carbocycles. The molecule has 4 aromatic heterocycles. The van der Waals surface area contributed by atoms with Crippen LogP contribution in [0.3, 0.4) is 0 Å². The Morgan fingerprint density at radius 2 is 0.468 bits per heavy atom. The summed E-state index contributed by atoms with van der Waals surface area (Å²) in [6.45, 7) is 0. The van der Waals surface area contributed by atoms with Gasteiger partial charge in [0.15, 0.2) is 0 Å². The van der Waals surface area contributed by atoms with Crippen LogP contribution in [0.15, 0.2) is 279 Å². The molecule has 4 heterocycles. The summed E-state index contributed by atoms with van der Waals surface area (Å²) in [6.07, 6.45) is -9.46. The van der Waals surface area contributed by atoms with Crippen LogP contribution in [0.4, 0.5) is 26.3 Å². The minimum Gasteiger partial charge on any atom is -0.306 e. The highest BCUT2D eigenvalue weighted by Crippen LogP contribution is 2.51. The van der Waals surface area contributed by atoms with Gasteiger partial charge in [0, 0.05) is 43.1 Å². The number of para-hydroxylation sites is 2. The van der Waals surface area contributed by atoms with E-state index in [-0.39, 0.29) is 50.2 Å². The van der Waals surface area contributed by atoms with Crippen LogP contribution in [0, 0.1) is 22.7 Å². The Bertz CT molecular complexity index is 5650. The highest BCUT2D eigenvalue weighted by molar-refractivity contribution is 6.17. The van der Waals surface area contributed by atoms with Gasteiger partial charge in [-0.1, -0.05) is 182 Å². The monoisotopic (exact) mass is 1230 g/mol. The number of fused-ring (bicyclic) bond motifs is 12. The second-order valence-electron chi connectivity index (χ2n) is 23.6. The van der Waals surface area contributed by atoms with Crippen molar-refractivity contribution in [2.75, 3.05) is 0 Å². The van der Waals surface area contributed by atoms with Gasteiger partial charge in [-0.3, -0.25) is 0 Å². The van der Waals surface area contributed by atoms with Gasteiger partial charge in [0.25, 0.3) is 0 Å². The van der Waals surface area contributed by atoms with Gasteiger partial charge in [-0.2, -0.15) is 36.9 Å². The van der Waals surface area contributed by atoms with Gasteiger partial charge in [-0.15, -0.1) is 0 Å². The lowest BCUT2D eigenvalue weighted by molar-refractivity contribution is -0.138. The van der Waals surface area contributed by atoms with Crippen LogP contribution < -0.4 is 0 Å². The van der Waals surface area contributed by atoms with Crippen LogP contribution in [-0.2, 0) is 12.4 Å². The second-order valence-corrected chi connectivity index (χ2v) is 23.6. The highest BCUT2D eigenvalue weighted by atomic mass is 19.4. The topological polar surface area (TPSA) is 67.3 Å². The minimum atomic E-state index is -4.74. The average Bonchev–Trinajstić information content (AvgIpc) is 1.57. The number of nitrogens with zero attached hydrogens (tertiary/aromatic N) is 6. The maximum Gasteiger partial charge on any atom is 0.416 e. The summed E-state index contributed by atoms with van der Waals surface area (Å²) in [5, 5.41) is 30.1. The molecule has 446 valence electrons. The molecule has 0 aliphatic heterocycles. The maximum atomic E-state index is 15.2. The smallest absolute Gasteiger partial charge is 0.306 e.